The zero-order valence-corrected chi connectivity index (χ0v) is 17.9. The maximum atomic E-state index is 11.9. The summed E-state index contributed by atoms with van der Waals surface area (Å²) in [6, 6.07) is 8.10. The lowest BCUT2D eigenvalue weighted by Gasteiger charge is -2.20. The standard InChI is InChI=1S/C21H33N5O3/c1-21(2,3)29-20(28)24-12-11-23-19(22-4)25-14-16-8-5-6-9-17(16)15-26-13-7-10-18(26)27/h5-6,8-9H,7,10-15H2,1-4H3,(H,24,28)(H2,22,23,25). The van der Waals surface area contributed by atoms with Gasteiger partial charge in [0.25, 0.3) is 0 Å². The van der Waals surface area contributed by atoms with Crippen molar-refractivity contribution in [2.45, 2.75) is 52.3 Å². The molecule has 0 saturated carbocycles. The van der Waals surface area contributed by atoms with Crippen molar-refractivity contribution in [2.24, 2.45) is 4.99 Å². The molecule has 1 aromatic carbocycles. The number of nitrogens with one attached hydrogen (secondary N) is 3. The molecular formula is C21H33N5O3. The van der Waals surface area contributed by atoms with E-state index in [0.717, 1.165) is 24.1 Å². The van der Waals surface area contributed by atoms with Gasteiger partial charge in [0.1, 0.15) is 5.60 Å². The molecule has 0 aliphatic carbocycles. The summed E-state index contributed by atoms with van der Waals surface area (Å²) in [5.74, 6) is 0.866. The van der Waals surface area contributed by atoms with E-state index in [0.29, 0.717) is 38.6 Å². The molecule has 1 heterocycles. The molecule has 0 bridgehead atoms. The fourth-order valence-corrected chi connectivity index (χ4v) is 3.02. The molecule has 0 spiro atoms. The Morgan fingerprint density at radius 3 is 2.45 bits per heavy atom. The number of alkyl carbamates (subject to hydrolysis) is 1. The van der Waals surface area contributed by atoms with Crippen LogP contribution >= 0.6 is 0 Å². The predicted octanol–water partition coefficient (Wildman–Crippen LogP) is 2.00. The monoisotopic (exact) mass is 403 g/mol. The number of hydrogen-bond donors (Lipinski definition) is 3. The van der Waals surface area contributed by atoms with E-state index >= 15 is 0 Å². The van der Waals surface area contributed by atoms with Gasteiger partial charge in [-0.3, -0.25) is 9.79 Å². The number of carbonyl (C=O) groups is 2. The molecule has 2 amide bonds. The molecule has 1 aromatic rings. The first kappa shape index (κ1) is 22.5. The molecule has 8 heteroatoms. The second-order valence-corrected chi connectivity index (χ2v) is 7.97. The number of nitrogens with zero attached hydrogens (tertiary/aromatic N) is 2. The summed E-state index contributed by atoms with van der Waals surface area (Å²) in [6.07, 6.45) is 1.15. The number of hydrogen-bond acceptors (Lipinski definition) is 4. The van der Waals surface area contributed by atoms with Gasteiger partial charge >= 0.3 is 6.09 Å². The molecule has 8 nitrogen and oxygen atoms in total. The molecular weight excluding hydrogens is 370 g/mol. The maximum absolute atomic E-state index is 11.9. The summed E-state index contributed by atoms with van der Waals surface area (Å²) in [7, 11) is 1.70. The van der Waals surface area contributed by atoms with Gasteiger partial charge in [0, 0.05) is 46.2 Å². The van der Waals surface area contributed by atoms with E-state index in [4.69, 9.17) is 4.74 Å². The van der Waals surface area contributed by atoms with Crippen LogP contribution in [0.25, 0.3) is 0 Å². The van der Waals surface area contributed by atoms with Gasteiger partial charge in [-0.25, -0.2) is 4.79 Å². The van der Waals surface area contributed by atoms with E-state index < -0.39 is 11.7 Å². The van der Waals surface area contributed by atoms with Gasteiger partial charge in [-0.05, 0) is 38.3 Å². The van der Waals surface area contributed by atoms with Gasteiger partial charge in [0.05, 0.1) is 0 Å². The highest BCUT2D eigenvalue weighted by atomic mass is 16.6. The summed E-state index contributed by atoms with van der Waals surface area (Å²) in [5, 5.41) is 9.14. The van der Waals surface area contributed by atoms with Gasteiger partial charge in [-0.2, -0.15) is 0 Å². The lowest BCUT2D eigenvalue weighted by atomic mass is 10.1. The number of guanidine groups is 1. The third kappa shape index (κ3) is 8.01. The summed E-state index contributed by atoms with van der Waals surface area (Å²) < 4.78 is 5.20. The predicted molar refractivity (Wildman–Crippen MR) is 114 cm³/mol. The molecule has 29 heavy (non-hydrogen) atoms. The van der Waals surface area contributed by atoms with Crippen LogP contribution in [0.1, 0.15) is 44.7 Å². The summed E-state index contributed by atoms with van der Waals surface area (Å²) in [5.41, 5.74) is 1.75. The zero-order valence-electron chi connectivity index (χ0n) is 17.9. The highest BCUT2D eigenvalue weighted by molar-refractivity contribution is 5.80. The number of likely N-dealkylation sites (tertiary alicyclic amines) is 1. The lowest BCUT2D eigenvalue weighted by Crippen LogP contribution is -2.42. The first-order valence-corrected chi connectivity index (χ1v) is 10.0. The molecule has 1 fully saturated rings. The molecule has 0 unspecified atom stereocenters. The first-order valence-electron chi connectivity index (χ1n) is 10.0. The van der Waals surface area contributed by atoms with E-state index in [-0.39, 0.29) is 5.91 Å². The van der Waals surface area contributed by atoms with Crippen LogP contribution in [0.5, 0.6) is 0 Å². The molecule has 1 aliphatic rings. The molecule has 1 saturated heterocycles. The van der Waals surface area contributed by atoms with Crippen molar-refractivity contribution in [1.82, 2.24) is 20.9 Å². The van der Waals surface area contributed by atoms with Crippen LogP contribution in [0, 0.1) is 0 Å². The highest BCUT2D eigenvalue weighted by Crippen LogP contribution is 2.17. The average Bonchev–Trinajstić information content (AvgIpc) is 3.05. The molecule has 0 radical (unpaired) electrons. The second kappa shape index (κ2) is 10.7. The van der Waals surface area contributed by atoms with Crippen LogP contribution in [0.15, 0.2) is 29.3 Å². The van der Waals surface area contributed by atoms with Gasteiger partial charge in [-0.15, -0.1) is 0 Å². The van der Waals surface area contributed by atoms with Crippen LogP contribution in [0.2, 0.25) is 0 Å². The van der Waals surface area contributed by atoms with Crippen molar-refractivity contribution in [3.05, 3.63) is 35.4 Å². The molecule has 160 valence electrons. The van der Waals surface area contributed by atoms with Crippen molar-refractivity contribution in [3.63, 3.8) is 0 Å². The minimum atomic E-state index is -0.512. The Labute approximate surface area is 173 Å². The Bertz CT molecular complexity index is 727. The third-order valence-electron chi connectivity index (χ3n) is 4.41. The number of benzene rings is 1. The second-order valence-electron chi connectivity index (χ2n) is 7.97. The minimum absolute atomic E-state index is 0.225. The number of carbonyl (C=O) groups excluding carboxylic acids is 2. The molecule has 0 atom stereocenters. The maximum Gasteiger partial charge on any atom is 0.407 e. The van der Waals surface area contributed by atoms with Crippen LogP contribution in [0.3, 0.4) is 0 Å². The normalized spacial score (nSPS) is 14.7. The van der Waals surface area contributed by atoms with Crippen molar-refractivity contribution in [3.8, 4) is 0 Å². The summed E-state index contributed by atoms with van der Waals surface area (Å²) >= 11 is 0. The average molecular weight is 404 g/mol. The van der Waals surface area contributed by atoms with Crippen molar-refractivity contribution in [1.29, 1.82) is 0 Å². The van der Waals surface area contributed by atoms with Crippen molar-refractivity contribution in [2.75, 3.05) is 26.7 Å². The van der Waals surface area contributed by atoms with Crippen LogP contribution in [-0.4, -0.2) is 55.1 Å². The van der Waals surface area contributed by atoms with Gasteiger partial charge in [-0.1, -0.05) is 24.3 Å². The molecule has 0 aromatic heterocycles. The number of ether oxygens (including phenoxy) is 1. The Hall–Kier alpha value is -2.77. The first-order chi connectivity index (χ1) is 13.8. The fraction of sp³-hybridized carbons (Fsp3) is 0.571. The molecule has 1 aliphatic heterocycles. The van der Waals surface area contributed by atoms with E-state index in [2.05, 4.69) is 33.1 Å². The summed E-state index contributed by atoms with van der Waals surface area (Å²) in [4.78, 5) is 29.7. The van der Waals surface area contributed by atoms with E-state index in [9.17, 15) is 9.59 Å². The fourth-order valence-electron chi connectivity index (χ4n) is 3.02. The Kier molecular flexibility index (Phi) is 8.30. The van der Waals surface area contributed by atoms with Crippen LogP contribution < -0.4 is 16.0 Å². The van der Waals surface area contributed by atoms with Crippen molar-refractivity contribution >= 4 is 18.0 Å². The van der Waals surface area contributed by atoms with Gasteiger partial charge in [0.2, 0.25) is 5.91 Å². The molecule has 3 N–H and O–H groups in total. The Balaban J connectivity index is 1.78. The lowest BCUT2D eigenvalue weighted by molar-refractivity contribution is -0.128. The Morgan fingerprint density at radius 1 is 1.14 bits per heavy atom. The smallest absolute Gasteiger partial charge is 0.407 e. The van der Waals surface area contributed by atoms with E-state index in [1.54, 1.807) is 7.05 Å². The van der Waals surface area contributed by atoms with E-state index in [1.807, 2.05) is 37.8 Å². The van der Waals surface area contributed by atoms with Crippen LogP contribution in [0.4, 0.5) is 4.79 Å². The largest absolute Gasteiger partial charge is 0.444 e. The zero-order chi connectivity index (χ0) is 21.3. The topological polar surface area (TPSA) is 95.1 Å². The van der Waals surface area contributed by atoms with Gasteiger partial charge in [0.15, 0.2) is 5.96 Å². The number of aliphatic imine (C=N–C) groups is 1. The minimum Gasteiger partial charge on any atom is -0.444 e. The van der Waals surface area contributed by atoms with Crippen molar-refractivity contribution < 1.29 is 14.3 Å². The van der Waals surface area contributed by atoms with E-state index in [1.165, 1.54) is 0 Å². The van der Waals surface area contributed by atoms with Gasteiger partial charge < -0.3 is 25.6 Å². The molecule has 2 rings (SSSR count). The quantitative estimate of drug-likeness (QED) is 0.368. The third-order valence-corrected chi connectivity index (χ3v) is 4.41. The number of rotatable bonds is 7. The highest BCUT2D eigenvalue weighted by Gasteiger charge is 2.21. The Morgan fingerprint density at radius 2 is 1.83 bits per heavy atom. The van der Waals surface area contributed by atoms with Crippen LogP contribution in [-0.2, 0) is 22.6 Å². The summed E-state index contributed by atoms with van der Waals surface area (Å²) in [6.45, 7) is 8.48. The number of amides is 2. The SMILES string of the molecule is CN=C(NCCNC(=O)OC(C)(C)C)NCc1ccccc1CN1CCCC1=O.